The van der Waals surface area contributed by atoms with E-state index in [1.54, 1.807) is 0 Å². The Kier molecular flexibility index (Phi) is 10.5. The fourth-order valence-corrected chi connectivity index (χ4v) is 2.52. The van der Waals surface area contributed by atoms with Gasteiger partial charge in [-0.2, -0.15) is 11.8 Å². The van der Waals surface area contributed by atoms with Crippen LogP contribution in [0.1, 0.15) is 32.6 Å². The van der Waals surface area contributed by atoms with E-state index >= 15 is 0 Å². The highest BCUT2D eigenvalue weighted by Gasteiger charge is 2.03. The standard InChI is InChI=1S/C15H29N3OS/c1-3-16-15(17-9-4-5-13-20-2)18-10-6-14-7-11-19-12-8-14/h7H,3-6,8-13H2,1-2H3,(H2,16,17,18). The van der Waals surface area contributed by atoms with Crippen molar-refractivity contribution < 1.29 is 4.74 Å². The number of nitrogens with one attached hydrogen (secondary N) is 2. The van der Waals surface area contributed by atoms with Gasteiger partial charge in [-0.05, 0) is 44.6 Å². The molecular weight excluding hydrogens is 270 g/mol. The Balaban J connectivity index is 2.19. The van der Waals surface area contributed by atoms with E-state index in [1.165, 1.54) is 24.2 Å². The highest BCUT2D eigenvalue weighted by atomic mass is 32.2. The molecule has 20 heavy (non-hydrogen) atoms. The maximum atomic E-state index is 5.32. The molecule has 116 valence electrons. The number of rotatable bonds is 9. The molecule has 1 heterocycles. The summed E-state index contributed by atoms with van der Waals surface area (Å²) in [5, 5.41) is 6.71. The molecule has 0 aromatic heterocycles. The molecule has 0 spiro atoms. The Morgan fingerprint density at radius 3 is 3.00 bits per heavy atom. The third kappa shape index (κ3) is 8.48. The lowest BCUT2D eigenvalue weighted by atomic mass is 10.1. The highest BCUT2D eigenvalue weighted by Crippen LogP contribution is 2.10. The molecule has 0 saturated heterocycles. The fourth-order valence-electron chi connectivity index (χ4n) is 2.02. The Labute approximate surface area is 127 Å². The van der Waals surface area contributed by atoms with Crippen molar-refractivity contribution in [1.82, 2.24) is 10.6 Å². The Bertz CT molecular complexity index is 305. The molecule has 1 aliphatic heterocycles. The first-order chi connectivity index (χ1) is 9.86. The van der Waals surface area contributed by atoms with Crippen LogP contribution in [0.4, 0.5) is 0 Å². The zero-order valence-electron chi connectivity index (χ0n) is 12.9. The number of ether oxygens (including phenoxy) is 1. The molecule has 0 atom stereocenters. The third-order valence-electron chi connectivity index (χ3n) is 3.17. The number of nitrogens with zero attached hydrogens (tertiary/aromatic N) is 1. The van der Waals surface area contributed by atoms with Gasteiger partial charge in [0.2, 0.25) is 0 Å². The first kappa shape index (κ1) is 17.4. The largest absolute Gasteiger partial charge is 0.377 e. The van der Waals surface area contributed by atoms with Crippen molar-refractivity contribution in [3.63, 3.8) is 0 Å². The summed E-state index contributed by atoms with van der Waals surface area (Å²) < 4.78 is 5.32. The lowest BCUT2D eigenvalue weighted by Gasteiger charge is -2.15. The van der Waals surface area contributed by atoms with Gasteiger partial charge in [0, 0.05) is 19.6 Å². The average molecular weight is 299 g/mol. The molecule has 0 aromatic rings. The molecule has 4 nitrogen and oxygen atoms in total. The van der Waals surface area contributed by atoms with Crippen LogP contribution in [0.15, 0.2) is 16.6 Å². The second kappa shape index (κ2) is 12.1. The van der Waals surface area contributed by atoms with Crippen molar-refractivity contribution >= 4 is 17.7 Å². The third-order valence-corrected chi connectivity index (χ3v) is 3.86. The summed E-state index contributed by atoms with van der Waals surface area (Å²) in [5.41, 5.74) is 1.50. The van der Waals surface area contributed by atoms with E-state index in [2.05, 4.69) is 34.9 Å². The topological polar surface area (TPSA) is 45.7 Å². The number of guanidine groups is 1. The summed E-state index contributed by atoms with van der Waals surface area (Å²) >= 11 is 1.90. The summed E-state index contributed by atoms with van der Waals surface area (Å²) in [6.07, 6.45) is 8.93. The Morgan fingerprint density at radius 1 is 1.40 bits per heavy atom. The smallest absolute Gasteiger partial charge is 0.191 e. The van der Waals surface area contributed by atoms with Gasteiger partial charge >= 0.3 is 0 Å². The quantitative estimate of drug-likeness (QED) is 0.297. The van der Waals surface area contributed by atoms with Gasteiger partial charge in [-0.25, -0.2) is 0 Å². The SMILES string of the molecule is CCNC(=NCCCCSC)NCCC1=CCOCC1. The van der Waals surface area contributed by atoms with Crippen molar-refractivity contribution in [2.24, 2.45) is 4.99 Å². The first-order valence-corrected chi connectivity index (χ1v) is 9.03. The maximum absolute atomic E-state index is 5.32. The molecule has 0 amide bonds. The van der Waals surface area contributed by atoms with Crippen LogP contribution >= 0.6 is 11.8 Å². The van der Waals surface area contributed by atoms with Gasteiger partial charge in [-0.3, -0.25) is 4.99 Å². The molecule has 0 aliphatic carbocycles. The van der Waals surface area contributed by atoms with Gasteiger partial charge in [0.15, 0.2) is 5.96 Å². The molecule has 5 heteroatoms. The maximum Gasteiger partial charge on any atom is 0.191 e. The highest BCUT2D eigenvalue weighted by molar-refractivity contribution is 7.98. The van der Waals surface area contributed by atoms with E-state index in [-0.39, 0.29) is 0 Å². The molecule has 0 radical (unpaired) electrons. The van der Waals surface area contributed by atoms with Gasteiger partial charge in [-0.15, -0.1) is 0 Å². The van der Waals surface area contributed by atoms with Crippen molar-refractivity contribution in [2.75, 3.05) is 44.9 Å². The van der Waals surface area contributed by atoms with E-state index in [9.17, 15) is 0 Å². The Morgan fingerprint density at radius 2 is 2.30 bits per heavy atom. The summed E-state index contributed by atoms with van der Waals surface area (Å²) in [7, 11) is 0. The number of unbranched alkanes of at least 4 members (excludes halogenated alkanes) is 1. The molecule has 0 fully saturated rings. The van der Waals surface area contributed by atoms with Crippen molar-refractivity contribution in [1.29, 1.82) is 0 Å². The molecule has 0 saturated carbocycles. The second-order valence-electron chi connectivity index (χ2n) is 4.82. The van der Waals surface area contributed by atoms with Gasteiger partial charge in [0.05, 0.1) is 13.2 Å². The zero-order valence-corrected chi connectivity index (χ0v) is 13.7. The summed E-state index contributed by atoms with van der Waals surface area (Å²) in [6, 6.07) is 0. The predicted octanol–water partition coefficient (Wildman–Crippen LogP) is 2.42. The van der Waals surface area contributed by atoms with E-state index in [0.29, 0.717) is 0 Å². The minimum absolute atomic E-state index is 0.777. The number of thioether (sulfide) groups is 1. The zero-order chi connectivity index (χ0) is 14.5. The van der Waals surface area contributed by atoms with Crippen LogP contribution in [0.25, 0.3) is 0 Å². The molecule has 1 rings (SSSR count). The summed E-state index contributed by atoms with van der Waals surface area (Å²) in [4.78, 5) is 4.61. The molecule has 2 N–H and O–H groups in total. The van der Waals surface area contributed by atoms with Crippen LogP contribution in [-0.2, 0) is 4.74 Å². The first-order valence-electron chi connectivity index (χ1n) is 7.63. The Hall–Kier alpha value is -0.680. The van der Waals surface area contributed by atoms with E-state index in [1.807, 2.05) is 11.8 Å². The van der Waals surface area contributed by atoms with Gasteiger partial charge < -0.3 is 15.4 Å². The van der Waals surface area contributed by atoms with E-state index in [4.69, 9.17) is 4.74 Å². The predicted molar refractivity (Wildman–Crippen MR) is 89.7 cm³/mol. The van der Waals surface area contributed by atoms with Crippen molar-refractivity contribution in [3.05, 3.63) is 11.6 Å². The summed E-state index contributed by atoms with van der Waals surface area (Å²) in [6.45, 7) is 6.52. The number of hydrogen-bond donors (Lipinski definition) is 2. The van der Waals surface area contributed by atoms with Gasteiger partial charge in [0.1, 0.15) is 0 Å². The molecule has 1 aliphatic rings. The lowest BCUT2D eigenvalue weighted by Crippen LogP contribution is -2.38. The molecule has 0 bridgehead atoms. The van der Waals surface area contributed by atoms with Crippen LogP contribution < -0.4 is 10.6 Å². The molecular formula is C15H29N3OS. The monoisotopic (exact) mass is 299 g/mol. The summed E-state index contributed by atoms with van der Waals surface area (Å²) in [5.74, 6) is 2.18. The van der Waals surface area contributed by atoms with Crippen LogP contribution in [0.5, 0.6) is 0 Å². The molecule has 0 aromatic carbocycles. The van der Waals surface area contributed by atoms with Crippen LogP contribution in [0.3, 0.4) is 0 Å². The van der Waals surface area contributed by atoms with E-state index < -0.39 is 0 Å². The van der Waals surface area contributed by atoms with Crippen LogP contribution in [0, 0.1) is 0 Å². The van der Waals surface area contributed by atoms with Crippen molar-refractivity contribution in [3.8, 4) is 0 Å². The van der Waals surface area contributed by atoms with Crippen LogP contribution in [0.2, 0.25) is 0 Å². The van der Waals surface area contributed by atoms with E-state index in [0.717, 1.165) is 51.6 Å². The second-order valence-corrected chi connectivity index (χ2v) is 5.81. The number of aliphatic imine (C=N–C) groups is 1. The minimum atomic E-state index is 0.777. The minimum Gasteiger partial charge on any atom is -0.377 e. The average Bonchev–Trinajstić information content (AvgIpc) is 2.48. The van der Waals surface area contributed by atoms with Crippen LogP contribution in [-0.4, -0.2) is 50.8 Å². The normalized spacial score (nSPS) is 15.9. The fraction of sp³-hybridized carbons (Fsp3) is 0.800. The van der Waals surface area contributed by atoms with Gasteiger partial charge in [0.25, 0.3) is 0 Å². The lowest BCUT2D eigenvalue weighted by molar-refractivity contribution is 0.153. The molecule has 0 unspecified atom stereocenters. The number of hydrogen-bond acceptors (Lipinski definition) is 3. The van der Waals surface area contributed by atoms with Gasteiger partial charge in [-0.1, -0.05) is 11.6 Å². The van der Waals surface area contributed by atoms with Crippen molar-refractivity contribution in [2.45, 2.75) is 32.6 Å².